The van der Waals surface area contributed by atoms with Gasteiger partial charge in [0.05, 0.1) is 22.1 Å². The summed E-state index contributed by atoms with van der Waals surface area (Å²) in [5.41, 5.74) is 0.239. The van der Waals surface area contributed by atoms with Gasteiger partial charge in [-0.3, -0.25) is 14.4 Å². The Labute approximate surface area is 195 Å². The summed E-state index contributed by atoms with van der Waals surface area (Å²) in [5, 5.41) is 8.69. The molecule has 1 N–H and O–H groups in total. The van der Waals surface area contributed by atoms with Crippen LogP contribution in [0.1, 0.15) is 43.7 Å². The number of nitrogens with one attached hydrogen (secondary N) is 1. The number of nitrogens with zero attached hydrogens (tertiary/aromatic N) is 3. The van der Waals surface area contributed by atoms with E-state index in [0.29, 0.717) is 39.5 Å². The van der Waals surface area contributed by atoms with Gasteiger partial charge in [0, 0.05) is 17.0 Å². The highest BCUT2D eigenvalue weighted by Crippen LogP contribution is 2.25. The number of hydrogen-bond acceptors (Lipinski definition) is 4. The summed E-state index contributed by atoms with van der Waals surface area (Å²) in [6, 6.07) is 11.4. The van der Waals surface area contributed by atoms with Crippen LogP contribution in [0.25, 0.3) is 10.8 Å². The maximum atomic E-state index is 13.5. The Morgan fingerprint density at radius 1 is 1.12 bits per heavy atom. The molecular weight excluding hydrogens is 451 g/mol. The van der Waals surface area contributed by atoms with Gasteiger partial charge >= 0.3 is 0 Å². The van der Waals surface area contributed by atoms with Gasteiger partial charge in [0.25, 0.3) is 11.5 Å². The smallest absolute Gasteiger partial charge is 0.275 e. The summed E-state index contributed by atoms with van der Waals surface area (Å²) in [5.74, 6) is -0.845. The molecule has 2 aromatic carbocycles. The van der Waals surface area contributed by atoms with Gasteiger partial charge in [-0.05, 0) is 44.5 Å². The first-order valence-electron chi connectivity index (χ1n) is 10.3. The van der Waals surface area contributed by atoms with Crippen molar-refractivity contribution in [3.63, 3.8) is 0 Å². The van der Waals surface area contributed by atoms with Crippen molar-refractivity contribution < 1.29 is 9.59 Å². The lowest BCUT2D eigenvalue weighted by Crippen LogP contribution is -2.40. The zero-order valence-corrected chi connectivity index (χ0v) is 19.6. The lowest BCUT2D eigenvalue weighted by Gasteiger charge is -2.23. The lowest BCUT2D eigenvalue weighted by atomic mass is 10.1. The number of aromatic nitrogens is 2. The predicted octanol–water partition coefficient (Wildman–Crippen LogP) is 4.78. The van der Waals surface area contributed by atoms with Crippen molar-refractivity contribution in [2.45, 2.75) is 33.2 Å². The number of halogens is 2. The molecule has 0 unspecified atom stereocenters. The van der Waals surface area contributed by atoms with Gasteiger partial charge in [-0.15, -0.1) is 0 Å². The number of benzene rings is 2. The molecule has 168 valence electrons. The van der Waals surface area contributed by atoms with E-state index in [0.717, 1.165) is 0 Å². The lowest BCUT2D eigenvalue weighted by molar-refractivity contribution is -0.116. The van der Waals surface area contributed by atoms with Crippen LogP contribution >= 0.6 is 23.2 Å². The molecule has 0 saturated carbocycles. The molecule has 0 saturated heterocycles. The number of hydrogen-bond donors (Lipinski definition) is 1. The molecule has 2 amide bonds. The van der Waals surface area contributed by atoms with E-state index in [1.165, 1.54) is 9.58 Å². The Morgan fingerprint density at radius 2 is 1.81 bits per heavy atom. The van der Waals surface area contributed by atoms with Crippen LogP contribution in [-0.2, 0) is 4.79 Å². The van der Waals surface area contributed by atoms with Gasteiger partial charge in [-0.25, -0.2) is 4.68 Å². The number of anilines is 1. The molecule has 0 bridgehead atoms. The normalized spacial score (nSPS) is 11.1. The quantitative estimate of drug-likeness (QED) is 0.533. The standard InChI is InChI=1S/C23H24Cl2N4O3/c1-4-11-28(13-20(30)26-19-12-15(24)9-10-18(19)25)23(32)21-16-7-5-6-8-17(16)22(31)29(27-21)14(2)3/h5-10,12,14H,4,11,13H2,1-3H3,(H,26,30). The molecule has 0 aliphatic heterocycles. The van der Waals surface area contributed by atoms with Crippen LogP contribution in [0.4, 0.5) is 5.69 Å². The minimum Gasteiger partial charge on any atom is -0.328 e. The van der Waals surface area contributed by atoms with E-state index in [4.69, 9.17) is 23.2 Å². The van der Waals surface area contributed by atoms with Gasteiger partial charge < -0.3 is 10.2 Å². The van der Waals surface area contributed by atoms with Crippen LogP contribution < -0.4 is 10.9 Å². The van der Waals surface area contributed by atoms with Crippen molar-refractivity contribution in [2.24, 2.45) is 0 Å². The first kappa shape index (κ1) is 23.8. The summed E-state index contributed by atoms with van der Waals surface area (Å²) in [6.45, 7) is 5.69. The molecule has 7 nitrogen and oxygen atoms in total. The van der Waals surface area contributed by atoms with E-state index >= 15 is 0 Å². The largest absolute Gasteiger partial charge is 0.328 e. The monoisotopic (exact) mass is 474 g/mol. The molecule has 0 spiro atoms. The highest BCUT2D eigenvalue weighted by atomic mass is 35.5. The molecule has 0 radical (unpaired) electrons. The van der Waals surface area contributed by atoms with E-state index in [1.807, 2.05) is 20.8 Å². The minimum atomic E-state index is -0.426. The van der Waals surface area contributed by atoms with Gasteiger partial charge in [0.1, 0.15) is 6.54 Å². The molecular formula is C23H24Cl2N4O3. The molecule has 0 aliphatic carbocycles. The Balaban J connectivity index is 1.95. The molecule has 0 atom stereocenters. The van der Waals surface area contributed by atoms with Crippen molar-refractivity contribution in [3.05, 3.63) is 68.6 Å². The molecule has 1 aromatic heterocycles. The molecule has 9 heteroatoms. The number of carbonyl (C=O) groups is 2. The highest BCUT2D eigenvalue weighted by Gasteiger charge is 2.24. The maximum Gasteiger partial charge on any atom is 0.275 e. The van der Waals surface area contributed by atoms with Crippen molar-refractivity contribution in [2.75, 3.05) is 18.4 Å². The first-order chi connectivity index (χ1) is 15.2. The average molecular weight is 475 g/mol. The summed E-state index contributed by atoms with van der Waals surface area (Å²) in [7, 11) is 0. The average Bonchev–Trinajstić information content (AvgIpc) is 2.75. The number of fused-ring (bicyclic) bond motifs is 1. The SMILES string of the molecule is CCCN(CC(=O)Nc1cc(Cl)ccc1Cl)C(=O)c1nn(C(C)C)c(=O)c2ccccc12. The van der Waals surface area contributed by atoms with Gasteiger partial charge in [0.15, 0.2) is 5.69 Å². The number of rotatable bonds is 7. The van der Waals surface area contributed by atoms with Crippen LogP contribution in [0.5, 0.6) is 0 Å². The van der Waals surface area contributed by atoms with Crippen molar-refractivity contribution in [3.8, 4) is 0 Å². The summed E-state index contributed by atoms with van der Waals surface area (Å²) >= 11 is 12.1. The fourth-order valence-electron chi connectivity index (χ4n) is 3.34. The Kier molecular flexibility index (Phi) is 7.53. The van der Waals surface area contributed by atoms with Crippen LogP contribution in [0.15, 0.2) is 47.3 Å². The van der Waals surface area contributed by atoms with E-state index < -0.39 is 11.8 Å². The number of carbonyl (C=O) groups excluding carboxylic acids is 2. The molecule has 0 fully saturated rings. The van der Waals surface area contributed by atoms with Crippen LogP contribution in [-0.4, -0.2) is 39.6 Å². The van der Waals surface area contributed by atoms with E-state index in [9.17, 15) is 14.4 Å². The molecule has 1 heterocycles. The summed E-state index contributed by atoms with van der Waals surface area (Å²) < 4.78 is 1.30. The third kappa shape index (κ3) is 5.11. The van der Waals surface area contributed by atoms with E-state index in [-0.39, 0.29) is 23.8 Å². The Bertz CT molecular complexity index is 1220. The Morgan fingerprint density at radius 3 is 2.47 bits per heavy atom. The molecule has 3 rings (SSSR count). The minimum absolute atomic E-state index is 0.135. The van der Waals surface area contributed by atoms with Gasteiger partial charge in [-0.2, -0.15) is 5.10 Å². The van der Waals surface area contributed by atoms with Crippen LogP contribution in [0.3, 0.4) is 0 Å². The predicted molar refractivity (Wildman–Crippen MR) is 128 cm³/mol. The third-order valence-electron chi connectivity index (χ3n) is 4.84. The second-order valence-corrected chi connectivity index (χ2v) is 8.48. The Hall–Kier alpha value is -2.90. The maximum absolute atomic E-state index is 13.5. The number of amides is 2. The fraction of sp³-hybridized carbons (Fsp3) is 0.304. The molecule has 3 aromatic rings. The van der Waals surface area contributed by atoms with Crippen molar-refractivity contribution in [1.82, 2.24) is 14.7 Å². The molecule has 0 aliphatic rings. The molecule has 32 heavy (non-hydrogen) atoms. The summed E-state index contributed by atoms with van der Waals surface area (Å²) in [4.78, 5) is 40.4. The van der Waals surface area contributed by atoms with Crippen molar-refractivity contribution >= 4 is 51.5 Å². The second-order valence-electron chi connectivity index (χ2n) is 7.64. The topological polar surface area (TPSA) is 84.3 Å². The second kappa shape index (κ2) is 10.1. The third-order valence-corrected chi connectivity index (χ3v) is 5.40. The van der Waals surface area contributed by atoms with Gasteiger partial charge in [-0.1, -0.05) is 48.3 Å². The van der Waals surface area contributed by atoms with Crippen molar-refractivity contribution in [1.29, 1.82) is 0 Å². The zero-order chi connectivity index (χ0) is 23.4. The van der Waals surface area contributed by atoms with E-state index in [1.54, 1.807) is 42.5 Å². The van der Waals surface area contributed by atoms with E-state index in [2.05, 4.69) is 10.4 Å². The highest BCUT2D eigenvalue weighted by molar-refractivity contribution is 6.35. The summed E-state index contributed by atoms with van der Waals surface area (Å²) in [6.07, 6.45) is 0.638. The van der Waals surface area contributed by atoms with Gasteiger partial charge in [0.2, 0.25) is 5.91 Å². The van der Waals surface area contributed by atoms with Crippen LogP contribution in [0.2, 0.25) is 10.0 Å². The first-order valence-corrected chi connectivity index (χ1v) is 11.0. The fourth-order valence-corrected chi connectivity index (χ4v) is 3.68. The van der Waals surface area contributed by atoms with Crippen LogP contribution in [0, 0.1) is 0 Å². The zero-order valence-electron chi connectivity index (χ0n) is 18.1.